The van der Waals surface area contributed by atoms with E-state index in [1.165, 1.54) is 12.1 Å². The molecule has 3 nitrogen and oxygen atoms in total. The van der Waals surface area contributed by atoms with Crippen molar-refractivity contribution in [3.63, 3.8) is 0 Å². The Kier molecular flexibility index (Phi) is 4.89. The molecule has 0 amide bonds. The number of anilines is 1. The minimum absolute atomic E-state index is 0.159. The van der Waals surface area contributed by atoms with Gasteiger partial charge in [0.2, 0.25) is 0 Å². The van der Waals surface area contributed by atoms with Gasteiger partial charge in [-0.1, -0.05) is 25.4 Å². The van der Waals surface area contributed by atoms with Crippen molar-refractivity contribution < 1.29 is 9.13 Å². The maximum atomic E-state index is 13.4. The molecule has 0 aromatic heterocycles. The Hall–Kier alpha value is -0.840. The molecule has 5 heteroatoms. The second kappa shape index (κ2) is 6.29. The lowest BCUT2D eigenvalue weighted by Crippen LogP contribution is -2.53. The number of rotatable bonds is 4. The van der Waals surface area contributed by atoms with E-state index in [0.717, 1.165) is 12.8 Å². The van der Waals surface area contributed by atoms with Gasteiger partial charge in [-0.2, -0.15) is 0 Å². The highest BCUT2D eigenvalue weighted by molar-refractivity contribution is 6.33. The Morgan fingerprint density at radius 1 is 1.55 bits per heavy atom. The van der Waals surface area contributed by atoms with Crippen molar-refractivity contribution in [1.29, 1.82) is 0 Å². The lowest BCUT2D eigenvalue weighted by Gasteiger charge is -2.43. The summed E-state index contributed by atoms with van der Waals surface area (Å²) < 4.78 is 19.2. The predicted molar refractivity (Wildman–Crippen MR) is 80.6 cm³/mol. The van der Waals surface area contributed by atoms with Crippen molar-refractivity contribution in [2.24, 2.45) is 11.7 Å². The minimum atomic E-state index is -0.309. The summed E-state index contributed by atoms with van der Waals surface area (Å²) >= 11 is 6.13. The first-order valence-electron chi connectivity index (χ1n) is 7.01. The Balaban J connectivity index is 2.20. The van der Waals surface area contributed by atoms with Crippen LogP contribution in [-0.2, 0) is 4.74 Å². The summed E-state index contributed by atoms with van der Waals surface area (Å²) in [5, 5.41) is 3.87. The van der Waals surface area contributed by atoms with Crippen LogP contribution >= 0.6 is 11.6 Å². The van der Waals surface area contributed by atoms with Gasteiger partial charge in [0.05, 0.1) is 22.4 Å². The first-order valence-corrected chi connectivity index (χ1v) is 7.38. The van der Waals surface area contributed by atoms with E-state index < -0.39 is 0 Å². The van der Waals surface area contributed by atoms with Crippen molar-refractivity contribution >= 4 is 17.3 Å². The summed E-state index contributed by atoms with van der Waals surface area (Å²) in [7, 11) is 0. The van der Waals surface area contributed by atoms with Gasteiger partial charge in [-0.25, -0.2) is 4.39 Å². The van der Waals surface area contributed by atoms with E-state index >= 15 is 0 Å². The van der Waals surface area contributed by atoms with Crippen LogP contribution in [0.3, 0.4) is 0 Å². The number of hydrogen-bond donors (Lipinski definition) is 2. The lowest BCUT2D eigenvalue weighted by atomic mass is 9.83. The molecule has 1 saturated heterocycles. The third kappa shape index (κ3) is 3.43. The summed E-state index contributed by atoms with van der Waals surface area (Å²) in [5.41, 5.74) is 6.29. The molecule has 2 rings (SSSR count). The molecule has 1 aromatic carbocycles. The van der Waals surface area contributed by atoms with Crippen molar-refractivity contribution in [3.05, 3.63) is 29.0 Å². The molecular formula is C15H22ClFN2O. The van der Waals surface area contributed by atoms with E-state index in [1.807, 2.05) is 0 Å². The molecule has 1 aliphatic rings. The maximum Gasteiger partial charge on any atom is 0.125 e. The zero-order chi connectivity index (χ0) is 14.8. The van der Waals surface area contributed by atoms with Gasteiger partial charge in [0, 0.05) is 13.2 Å². The number of nitrogens with two attached hydrogens (primary N) is 1. The highest BCUT2D eigenvalue weighted by Crippen LogP contribution is 2.33. The summed E-state index contributed by atoms with van der Waals surface area (Å²) in [6.07, 6.45) is 1.75. The normalized spacial score (nSPS) is 26.8. The Morgan fingerprint density at radius 2 is 2.30 bits per heavy atom. The van der Waals surface area contributed by atoms with Gasteiger partial charge < -0.3 is 15.8 Å². The Labute approximate surface area is 124 Å². The summed E-state index contributed by atoms with van der Waals surface area (Å²) in [6.45, 7) is 5.38. The fraction of sp³-hybridized carbons (Fsp3) is 0.600. The third-order valence-electron chi connectivity index (χ3n) is 3.97. The average molecular weight is 301 g/mol. The average Bonchev–Trinajstić information content (AvgIpc) is 2.43. The molecule has 1 aliphatic heterocycles. The van der Waals surface area contributed by atoms with Gasteiger partial charge in [-0.15, -0.1) is 0 Å². The molecule has 112 valence electrons. The van der Waals surface area contributed by atoms with E-state index in [-0.39, 0.29) is 17.5 Å². The Bertz CT molecular complexity index is 469. The monoisotopic (exact) mass is 300 g/mol. The second-order valence-electron chi connectivity index (χ2n) is 5.84. The summed E-state index contributed by atoms with van der Waals surface area (Å²) in [6, 6.07) is 4.33. The van der Waals surface area contributed by atoms with Crippen molar-refractivity contribution in [2.45, 2.75) is 38.3 Å². The van der Waals surface area contributed by atoms with Crippen LogP contribution in [-0.4, -0.2) is 24.8 Å². The fourth-order valence-electron chi connectivity index (χ4n) is 2.61. The number of nitrogens with one attached hydrogen (secondary N) is 1. The topological polar surface area (TPSA) is 47.3 Å². The van der Waals surface area contributed by atoms with Gasteiger partial charge in [0.1, 0.15) is 5.82 Å². The fourth-order valence-corrected chi connectivity index (χ4v) is 2.77. The number of ether oxygens (including phenoxy) is 1. The molecule has 0 radical (unpaired) electrons. The minimum Gasteiger partial charge on any atom is -0.378 e. The number of hydrogen-bond acceptors (Lipinski definition) is 3. The smallest absolute Gasteiger partial charge is 0.125 e. The first kappa shape index (κ1) is 15.5. The van der Waals surface area contributed by atoms with Crippen LogP contribution in [0.25, 0.3) is 0 Å². The van der Waals surface area contributed by atoms with Crippen LogP contribution in [0.1, 0.15) is 26.7 Å². The molecule has 1 aromatic rings. The molecule has 2 unspecified atom stereocenters. The standard InChI is InChI=1S/C15H22ClFN2O/c1-10(2)14-8-15(9-18,5-6-20-14)19-13-7-11(17)3-4-12(13)16/h3-4,7,10,14,19H,5-6,8-9,18H2,1-2H3. The zero-order valence-electron chi connectivity index (χ0n) is 12.0. The summed E-state index contributed by atoms with van der Waals surface area (Å²) in [5.74, 6) is 0.113. The van der Waals surface area contributed by atoms with Gasteiger partial charge in [-0.05, 0) is 37.0 Å². The molecule has 0 aliphatic carbocycles. The number of halogens is 2. The van der Waals surface area contributed by atoms with Crippen LogP contribution in [0.2, 0.25) is 5.02 Å². The van der Waals surface area contributed by atoms with Gasteiger partial charge in [-0.3, -0.25) is 0 Å². The molecule has 3 N–H and O–H groups in total. The molecule has 20 heavy (non-hydrogen) atoms. The second-order valence-corrected chi connectivity index (χ2v) is 6.25. The SMILES string of the molecule is CC(C)C1CC(CN)(Nc2cc(F)ccc2Cl)CCO1. The molecule has 1 fully saturated rings. The van der Waals surface area contributed by atoms with Crippen molar-refractivity contribution in [3.8, 4) is 0 Å². The largest absolute Gasteiger partial charge is 0.378 e. The van der Waals surface area contributed by atoms with E-state index in [0.29, 0.717) is 29.8 Å². The van der Waals surface area contributed by atoms with E-state index in [4.69, 9.17) is 22.1 Å². The van der Waals surface area contributed by atoms with Crippen LogP contribution in [0.15, 0.2) is 18.2 Å². The molecule has 1 heterocycles. The quantitative estimate of drug-likeness (QED) is 0.895. The van der Waals surface area contributed by atoms with Crippen LogP contribution < -0.4 is 11.1 Å². The molecule has 0 bridgehead atoms. The number of benzene rings is 1. The highest BCUT2D eigenvalue weighted by Gasteiger charge is 2.37. The van der Waals surface area contributed by atoms with E-state index in [9.17, 15) is 4.39 Å². The van der Waals surface area contributed by atoms with Crippen LogP contribution in [0, 0.1) is 11.7 Å². The first-order chi connectivity index (χ1) is 9.46. The lowest BCUT2D eigenvalue weighted by molar-refractivity contribution is -0.0357. The zero-order valence-corrected chi connectivity index (χ0v) is 12.7. The molecule has 0 spiro atoms. The van der Waals surface area contributed by atoms with Gasteiger partial charge in [0.15, 0.2) is 0 Å². The van der Waals surface area contributed by atoms with E-state index in [1.54, 1.807) is 6.07 Å². The van der Waals surface area contributed by atoms with Gasteiger partial charge >= 0.3 is 0 Å². The maximum absolute atomic E-state index is 13.4. The predicted octanol–water partition coefficient (Wildman–Crippen LogP) is 3.42. The highest BCUT2D eigenvalue weighted by atomic mass is 35.5. The van der Waals surface area contributed by atoms with E-state index in [2.05, 4.69) is 19.2 Å². The Morgan fingerprint density at radius 3 is 2.95 bits per heavy atom. The molecule has 2 atom stereocenters. The molecular weight excluding hydrogens is 279 g/mol. The van der Waals surface area contributed by atoms with Gasteiger partial charge in [0.25, 0.3) is 0 Å². The molecule has 0 saturated carbocycles. The van der Waals surface area contributed by atoms with Crippen molar-refractivity contribution in [1.82, 2.24) is 0 Å². The van der Waals surface area contributed by atoms with Crippen LogP contribution in [0.4, 0.5) is 10.1 Å². The third-order valence-corrected chi connectivity index (χ3v) is 4.30. The summed E-state index contributed by atoms with van der Waals surface area (Å²) in [4.78, 5) is 0. The van der Waals surface area contributed by atoms with Crippen LogP contribution in [0.5, 0.6) is 0 Å². The van der Waals surface area contributed by atoms with Crippen molar-refractivity contribution in [2.75, 3.05) is 18.5 Å².